The van der Waals surface area contributed by atoms with Gasteiger partial charge in [-0.25, -0.2) is 4.98 Å². The maximum absolute atomic E-state index is 11.5. The van der Waals surface area contributed by atoms with Crippen LogP contribution in [0.25, 0.3) is 0 Å². The molecule has 0 amide bonds. The summed E-state index contributed by atoms with van der Waals surface area (Å²) in [6, 6.07) is 0. The molecule has 1 aromatic heterocycles. The summed E-state index contributed by atoms with van der Waals surface area (Å²) < 4.78 is 0. The zero-order valence-electron chi connectivity index (χ0n) is 11.0. The van der Waals surface area contributed by atoms with Crippen LogP contribution in [0.3, 0.4) is 0 Å². The Morgan fingerprint density at radius 2 is 2.47 bits per heavy atom. The topological polar surface area (TPSA) is 75.1 Å². The van der Waals surface area contributed by atoms with E-state index >= 15 is 0 Å². The van der Waals surface area contributed by atoms with E-state index in [4.69, 9.17) is 0 Å². The van der Waals surface area contributed by atoms with Gasteiger partial charge in [0.25, 0.3) is 0 Å². The molecule has 0 aromatic carbocycles. The molecule has 1 saturated carbocycles. The third-order valence-electron chi connectivity index (χ3n) is 3.42. The largest absolute Gasteiger partial charge is 0.480 e. The molecule has 2 atom stereocenters. The summed E-state index contributed by atoms with van der Waals surface area (Å²) in [4.78, 5) is 19.8. The van der Waals surface area contributed by atoms with E-state index in [1.807, 2.05) is 6.92 Å². The molecular weight excluding hydrogens is 262 g/mol. The minimum Gasteiger partial charge on any atom is -0.480 e. The predicted molar refractivity (Wildman–Crippen MR) is 74.2 cm³/mol. The van der Waals surface area contributed by atoms with Gasteiger partial charge in [-0.05, 0) is 32.2 Å². The van der Waals surface area contributed by atoms with Crippen LogP contribution in [0.1, 0.15) is 32.6 Å². The first kappa shape index (κ1) is 14.3. The van der Waals surface area contributed by atoms with E-state index in [2.05, 4.69) is 15.3 Å². The van der Waals surface area contributed by atoms with Gasteiger partial charge in [-0.15, -0.1) is 11.8 Å². The van der Waals surface area contributed by atoms with Gasteiger partial charge in [0.1, 0.15) is 10.6 Å². The number of aliphatic carboxylic acids is 1. The van der Waals surface area contributed by atoms with Crippen LogP contribution in [0, 0.1) is 0 Å². The van der Waals surface area contributed by atoms with Gasteiger partial charge in [0, 0.05) is 17.6 Å². The number of nitrogens with zero attached hydrogens (tertiary/aromatic N) is 2. The first-order valence-corrected chi connectivity index (χ1v) is 7.45. The second kappa shape index (κ2) is 6.34. The zero-order chi connectivity index (χ0) is 13.7. The highest BCUT2D eigenvalue weighted by Crippen LogP contribution is 2.39. The summed E-state index contributed by atoms with van der Waals surface area (Å²) >= 11 is 1.63. The van der Waals surface area contributed by atoms with Crippen molar-refractivity contribution in [2.45, 2.75) is 48.4 Å². The molecule has 1 aliphatic carbocycles. The lowest BCUT2D eigenvalue weighted by Gasteiger charge is -2.25. The molecule has 0 spiro atoms. The molecule has 2 N–H and O–H groups in total. The maximum Gasteiger partial charge on any atom is 0.323 e. The molecule has 1 fully saturated rings. The van der Waals surface area contributed by atoms with Crippen LogP contribution < -0.4 is 5.32 Å². The Balaban J connectivity index is 1.98. The molecule has 1 aliphatic rings. The number of nitrogens with one attached hydrogen (secondary N) is 1. The second-order valence-corrected chi connectivity index (χ2v) is 6.16. The Labute approximate surface area is 117 Å². The SMILES string of the molecule is CCCNC1(C(=O)O)CCC(Sc2cnccn2)C1. The summed E-state index contributed by atoms with van der Waals surface area (Å²) in [5.74, 6) is -0.733. The van der Waals surface area contributed by atoms with E-state index < -0.39 is 11.5 Å². The minimum atomic E-state index is -0.754. The lowest BCUT2D eigenvalue weighted by molar-refractivity contribution is -0.144. The quantitative estimate of drug-likeness (QED) is 0.830. The number of hydrogen-bond donors (Lipinski definition) is 2. The highest BCUT2D eigenvalue weighted by atomic mass is 32.2. The lowest BCUT2D eigenvalue weighted by Crippen LogP contribution is -2.50. The highest BCUT2D eigenvalue weighted by Gasteiger charge is 2.45. The molecule has 5 nitrogen and oxygen atoms in total. The molecule has 2 unspecified atom stereocenters. The van der Waals surface area contributed by atoms with Crippen LogP contribution in [0.4, 0.5) is 0 Å². The molecule has 0 bridgehead atoms. The fraction of sp³-hybridized carbons (Fsp3) is 0.615. The van der Waals surface area contributed by atoms with Crippen molar-refractivity contribution in [3.05, 3.63) is 18.6 Å². The van der Waals surface area contributed by atoms with Crippen molar-refractivity contribution in [1.29, 1.82) is 0 Å². The molecule has 1 aromatic rings. The van der Waals surface area contributed by atoms with Crippen molar-refractivity contribution in [3.63, 3.8) is 0 Å². The molecular formula is C13H19N3O2S. The van der Waals surface area contributed by atoms with Crippen LogP contribution in [-0.4, -0.2) is 38.4 Å². The van der Waals surface area contributed by atoms with E-state index in [-0.39, 0.29) is 5.25 Å². The number of aromatic nitrogens is 2. The Hall–Kier alpha value is -1.14. The van der Waals surface area contributed by atoms with Crippen molar-refractivity contribution >= 4 is 17.7 Å². The second-order valence-electron chi connectivity index (χ2n) is 4.84. The minimum absolute atomic E-state index is 0.289. The lowest BCUT2D eigenvalue weighted by atomic mass is 9.98. The first-order valence-electron chi connectivity index (χ1n) is 6.57. The number of rotatable bonds is 6. The number of carbonyl (C=O) groups is 1. The standard InChI is InChI=1S/C13H19N3O2S/c1-2-5-16-13(12(17)18)4-3-10(8-13)19-11-9-14-6-7-15-11/h6-7,9-10,16H,2-5,8H2,1H3,(H,17,18). The number of carboxylic acid groups (broad SMARTS) is 1. The van der Waals surface area contributed by atoms with E-state index in [0.29, 0.717) is 12.8 Å². The van der Waals surface area contributed by atoms with Crippen LogP contribution in [0.5, 0.6) is 0 Å². The normalized spacial score (nSPS) is 26.5. The summed E-state index contributed by atoms with van der Waals surface area (Å²) in [6.45, 7) is 2.79. The Kier molecular flexibility index (Phi) is 4.76. The van der Waals surface area contributed by atoms with Gasteiger partial charge in [0.05, 0.1) is 6.20 Å². The van der Waals surface area contributed by atoms with Gasteiger partial charge in [-0.3, -0.25) is 9.78 Å². The van der Waals surface area contributed by atoms with Gasteiger partial charge < -0.3 is 10.4 Å². The average Bonchev–Trinajstić information content (AvgIpc) is 2.82. The number of hydrogen-bond acceptors (Lipinski definition) is 5. The van der Waals surface area contributed by atoms with Gasteiger partial charge in [0.2, 0.25) is 0 Å². The van der Waals surface area contributed by atoms with Crippen molar-refractivity contribution in [2.75, 3.05) is 6.54 Å². The summed E-state index contributed by atoms with van der Waals surface area (Å²) in [7, 11) is 0. The number of thioether (sulfide) groups is 1. The van der Waals surface area contributed by atoms with Crippen LogP contribution in [0.15, 0.2) is 23.6 Å². The van der Waals surface area contributed by atoms with E-state index in [1.165, 1.54) is 0 Å². The monoisotopic (exact) mass is 281 g/mol. The van der Waals surface area contributed by atoms with Gasteiger partial charge in [0.15, 0.2) is 0 Å². The fourth-order valence-electron chi connectivity index (χ4n) is 2.41. The summed E-state index contributed by atoms with van der Waals surface area (Å²) in [6.07, 6.45) is 8.19. The maximum atomic E-state index is 11.5. The van der Waals surface area contributed by atoms with Crippen molar-refractivity contribution in [1.82, 2.24) is 15.3 Å². The summed E-state index contributed by atoms with van der Waals surface area (Å²) in [5, 5.41) is 13.8. The van der Waals surface area contributed by atoms with Crippen molar-refractivity contribution in [2.24, 2.45) is 0 Å². The Morgan fingerprint density at radius 1 is 1.63 bits per heavy atom. The zero-order valence-corrected chi connectivity index (χ0v) is 11.8. The van der Waals surface area contributed by atoms with E-state index in [1.54, 1.807) is 30.4 Å². The molecule has 104 valence electrons. The van der Waals surface area contributed by atoms with Crippen LogP contribution >= 0.6 is 11.8 Å². The third-order valence-corrected chi connectivity index (χ3v) is 4.61. The molecule has 6 heteroatoms. The molecule has 2 rings (SSSR count). The molecule has 19 heavy (non-hydrogen) atoms. The van der Waals surface area contributed by atoms with E-state index in [0.717, 1.165) is 24.4 Å². The van der Waals surface area contributed by atoms with Gasteiger partial charge in [-0.1, -0.05) is 6.92 Å². The van der Waals surface area contributed by atoms with Gasteiger partial charge >= 0.3 is 5.97 Å². The molecule has 0 radical (unpaired) electrons. The Morgan fingerprint density at radius 3 is 3.11 bits per heavy atom. The van der Waals surface area contributed by atoms with Crippen LogP contribution in [0.2, 0.25) is 0 Å². The van der Waals surface area contributed by atoms with Crippen molar-refractivity contribution < 1.29 is 9.90 Å². The van der Waals surface area contributed by atoms with Crippen LogP contribution in [-0.2, 0) is 4.79 Å². The molecule has 1 heterocycles. The third kappa shape index (κ3) is 3.45. The van der Waals surface area contributed by atoms with Gasteiger partial charge in [-0.2, -0.15) is 0 Å². The first-order chi connectivity index (χ1) is 9.16. The number of carboxylic acids is 1. The molecule has 0 saturated heterocycles. The summed E-state index contributed by atoms with van der Waals surface area (Å²) in [5.41, 5.74) is -0.754. The smallest absolute Gasteiger partial charge is 0.323 e. The average molecular weight is 281 g/mol. The molecule has 0 aliphatic heterocycles. The van der Waals surface area contributed by atoms with E-state index in [9.17, 15) is 9.90 Å². The Bertz CT molecular complexity index is 429. The highest BCUT2D eigenvalue weighted by molar-refractivity contribution is 7.99. The van der Waals surface area contributed by atoms with Crippen molar-refractivity contribution in [3.8, 4) is 0 Å². The fourth-order valence-corrected chi connectivity index (χ4v) is 3.60. The predicted octanol–water partition coefficient (Wildman–Crippen LogP) is 1.94.